The minimum absolute atomic E-state index is 0.150. The van der Waals surface area contributed by atoms with Gasteiger partial charge in [0.2, 0.25) is 11.1 Å². The Kier molecular flexibility index (Phi) is 4.35. The summed E-state index contributed by atoms with van der Waals surface area (Å²) in [5, 5.41) is 14.1. The van der Waals surface area contributed by atoms with Crippen LogP contribution >= 0.6 is 11.8 Å². The van der Waals surface area contributed by atoms with Crippen LogP contribution in [0, 0.1) is 0 Å². The molecule has 3 aromatic rings. The quantitative estimate of drug-likeness (QED) is 0.702. The van der Waals surface area contributed by atoms with Gasteiger partial charge in [-0.3, -0.25) is 4.79 Å². The van der Waals surface area contributed by atoms with E-state index in [1.54, 1.807) is 0 Å². The summed E-state index contributed by atoms with van der Waals surface area (Å²) >= 11 is 1.46. The van der Waals surface area contributed by atoms with Crippen molar-refractivity contribution in [3.8, 4) is 0 Å². The molecule has 27 heavy (non-hydrogen) atoms. The lowest BCUT2D eigenvalue weighted by molar-refractivity contribution is -0.129. The number of thioether (sulfide) groups is 1. The molecule has 140 valence electrons. The fourth-order valence-electron chi connectivity index (χ4n) is 4.26. The molecule has 0 radical (unpaired) electrons. The molecule has 0 bridgehead atoms. The van der Waals surface area contributed by atoms with Crippen molar-refractivity contribution in [1.29, 1.82) is 0 Å². The molecule has 0 spiro atoms. The molecule has 1 aliphatic carbocycles. The second-order valence-electron chi connectivity index (χ2n) is 7.33. The van der Waals surface area contributed by atoms with Crippen molar-refractivity contribution in [3.05, 3.63) is 35.5 Å². The van der Waals surface area contributed by atoms with Gasteiger partial charge in [-0.05, 0) is 29.3 Å². The number of carbonyl (C=O) groups excluding carboxylic acids is 1. The van der Waals surface area contributed by atoms with Gasteiger partial charge in [0.15, 0.2) is 0 Å². The van der Waals surface area contributed by atoms with Gasteiger partial charge < -0.3 is 9.88 Å². The van der Waals surface area contributed by atoms with E-state index in [9.17, 15) is 4.79 Å². The van der Waals surface area contributed by atoms with E-state index in [0.29, 0.717) is 18.3 Å². The fourth-order valence-corrected chi connectivity index (χ4v) is 5.10. The predicted molar refractivity (Wildman–Crippen MR) is 103 cm³/mol. The number of rotatable bonds is 4. The van der Waals surface area contributed by atoms with Gasteiger partial charge >= 0.3 is 0 Å². The van der Waals surface area contributed by atoms with E-state index >= 15 is 0 Å². The Bertz CT molecular complexity index is 974. The number of aromatic nitrogens is 5. The number of H-pyrrole nitrogens is 1. The van der Waals surface area contributed by atoms with E-state index in [1.165, 1.54) is 41.2 Å². The third kappa shape index (κ3) is 3.12. The Morgan fingerprint density at radius 1 is 1.26 bits per heavy atom. The smallest absolute Gasteiger partial charge is 0.233 e. The number of hydrogen-bond donors (Lipinski definition) is 1. The van der Waals surface area contributed by atoms with Gasteiger partial charge in [0.05, 0.1) is 11.8 Å². The Labute approximate surface area is 161 Å². The lowest BCUT2D eigenvalue weighted by Crippen LogP contribution is -2.37. The van der Waals surface area contributed by atoms with E-state index in [0.717, 1.165) is 36.5 Å². The minimum Gasteiger partial charge on any atom is -0.358 e. The largest absolute Gasteiger partial charge is 0.358 e. The molecule has 1 amide bonds. The molecule has 3 heterocycles. The van der Waals surface area contributed by atoms with Crippen LogP contribution in [0.25, 0.3) is 10.9 Å². The summed E-state index contributed by atoms with van der Waals surface area (Å²) in [6, 6.07) is 8.71. The maximum atomic E-state index is 12.8. The summed E-state index contributed by atoms with van der Waals surface area (Å²) in [5.74, 6) is 0.530. The summed E-state index contributed by atoms with van der Waals surface area (Å²) in [5.41, 5.74) is 3.67. The SMILES string of the molecule is O=C(CSc1nnnn1C1CCCC1)N1CCc2[nH]c3ccccc3c2C1. The summed E-state index contributed by atoms with van der Waals surface area (Å²) in [7, 11) is 0. The zero-order valence-electron chi connectivity index (χ0n) is 15.1. The lowest BCUT2D eigenvalue weighted by Gasteiger charge is -2.27. The van der Waals surface area contributed by atoms with Crippen LogP contribution in [0.3, 0.4) is 0 Å². The average Bonchev–Trinajstić information content (AvgIpc) is 3.44. The molecule has 7 nitrogen and oxygen atoms in total. The van der Waals surface area contributed by atoms with E-state index in [4.69, 9.17) is 0 Å². The number of tetrazole rings is 1. The van der Waals surface area contributed by atoms with Crippen LogP contribution in [0.1, 0.15) is 43.0 Å². The van der Waals surface area contributed by atoms with Gasteiger partial charge in [-0.2, -0.15) is 0 Å². The number of carbonyl (C=O) groups is 1. The van der Waals surface area contributed by atoms with Crippen molar-refractivity contribution in [2.45, 2.75) is 49.8 Å². The zero-order chi connectivity index (χ0) is 18.2. The number of amides is 1. The highest BCUT2D eigenvalue weighted by molar-refractivity contribution is 7.99. The van der Waals surface area contributed by atoms with Gasteiger partial charge in [-0.15, -0.1) is 5.10 Å². The summed E-state index contributed by atoms with van der Waals surface area (Å²) in [6.45, 7) is 1.43. The zero-order valence-corrected chi connectivity index (χ0v) is 15.9. The second kappa shape index (κ2) is 6.99. The van der Waals surface area contributed by atoms with Crippen LogP contribution < -0.4 is 0 Å². The molecule has 1 fully saturated rings. The monoisotopic (exact) mass is 382 g/mol. The standard InChI is InChI=1S/C19H22N6OS/c26-18(12-27-19-21-22-23-25(19)13-5-1-2-6-13)24-10-9-17-15(11-24)14-7-3-4-8-16(14)20-17/h3-4,7-8,13,20H,1-2,5-6,9-12H2. The molecule has 0 unspecified atom stereocenters. The van der Waals surface area contributed by atoms with E-state index in [1.807, 2.05) is 15.6 Å². The maximum absolute atomic E-state index is 12.8. The number of para-hydroxylation sites is 1. The first-order chi connectivity index (χ1) is 13.3. The number of fused-ring (bicyclic) bond motifs is 3. The van der Waals surface area contributed by atoms with E-state index < -0.39 is 0 Å². The molecular weight excluding hydrogens is 360 g/mol. The topological polar surface area (TPSA) is 79.7 Å². The van der Waals surface area contributed by atoms with E-state index in [2.05, 4.69) is 38.7 Å². The highest BCUT2D eigenvalue weighted by Gasteiger charge is 2.26. The van der Waals surface area contributed by atoms with Gasteiger partial charge in [0.25, 0.3) is 0 Å². The molecule has 0 saturated heterocycles. The van der Waals surface area contributed by atoms with Gasteiger partial charge in [-0.1, -0.05) is 42.8 Å². The van der Waals surface area contributed by atoms with Crippen LogP contribution in [0.15, 0.2) is 29.4 Å². The Hall–Kier alpha value is -2.35. The summed E-state index contributed by atoms with van der Waals surface area (Å²) in [4.78, 5) is 18.3. The van der Waals surface area contributed by atoms with Crippen LogP contribution in [0.5, 0.6) is 0 Å². The average molecular weight is 382 g/mol. The van der Waals surface area contributed by atoms with E-state index in [-0.39, 0.29) is 5.91 Å². The Morgan fingerprint density at radius 3 is 3.00 bits per heavy atom. The first-order valence-corrected chi connectivity index (χ1v) is 10.5. The van der Waals surface area contributed by atoms with Crippen molar-refractivity contribution < 1.29 is 4.79 Å². The molecule has 1 N–H and O–H groups in total. The van der Waals surface area contributed by atoms with Gasteiger partial charge in [-0.25, -0.2) is 4.68 Å². The normalized spacial score (nSPS) is 17.6. The first kappa shape index (κ1) is 16.8. The first-order valence-electron chi connectivity index (χ1n) is 9.56. The lowest BCUT2D eigenvalue weighted by atomic mass is 10.0. The van der Waals surface area contributed by atoms with Crippen molar-refractivity contribution in [2.75, 3.05) is 12.3 Å². The fraction of sp³-hybridized carbons (Fsp3) is 0.474. The number of nitrogens with zero attached hydrogens (tertiary/aromatic N) is 5. The second-order valence-corrected chi connectivity index (χ2v) is 8.27. The third-order valence-corrected chi connectivity index (χ3v) is 6.61. The maximum Gasteiger partial charge on any atom is 0.233 e. The van der Waals surface area contributed by atoms with Crippen LogP contribution in [-0.4, -0.2) is 48.3 Å². The highest BCUT2D eigenvalue weighted by atomic mass is 32.2. The van der Waals surface area contributed by atoms with Crippen LogP contribution in [-0.2, 0) is 17.8 Å². The Morgan fingerprint density at radius 2 is 2.11 bits per heavy atom. The minimum atomic E-state index is 0.150. The summed E-state index contributed by atoms with van der Waals surface area (Å²) in [6.07, 6.45) is 5.59. The molecule has 8 heteroatoms. The number of benzene rings is 1. The van der Waals surface area contributed by atoms with Crippen LogP contribution in [0.2, 0.25) is 0 Å². The van der Waals surface area contributed by atoms with Crippen LogP contribution in [0.4, 0.5) is 0 Å². The number of aromatic amines is 1. The van der Waals surface area contributed by atoms with Gasteiger partial charge in [0, 0.05) is 41.7 Å². The molecule has 0 atom stereocenters. The molecular formula is C19H22N6OS. The van der Waals surface area contributed by atoms with Gasteiger partial charge in [0.1, 0.15) is 0 Å². The molecule has 1 aliphatic heterocycles. The van der Waals surface area contributed by atoms with Crippen molar-refractivity contribution in [2.24, 2.45) is 0 Å². The molecule has 1 aromatic carbocycles. The molecule has 2 aromatic heterocycles. The summed E-state index contributed by atoms with van der Waals surface area (Å²) < 4.78 is 1.92. The van der Waals surface area contributed by atoms with Crippen molar-refractivity contribution in [3.63, 3.8) is 0 Å². The number of nitrogens with one attached hydrogen (secondary N) is 1. The molecule has 2 aliphatic rings. The third-order valence-electron chi connectivity index (χ3n) is 5.69. The van der Waals surface area contributed by atoms with Crippen molar-refractivity contribution in [1.82, 2.24) is 30.1 Å². The molecule has 5 rings (SSSR count). The highest BCUT2D eigenvalue weighted by Crippen LogP contribution is 2.32. The van der Waals surface area contributed by atoms with Crippen molar-refractivity contribution >= 4 is 28.6 Å². The predicted octanol–water partition coefficient (Wildman–Crippen LogP) is 2.95. The molecule has 1 saturated carbocycles. The number of hydrogen-bond acceptors (Lipinski definition) is 5. The Balaban J connectivity index is 1.27.